The third kappa shape index (κ3) is 3.41. The Hall–Kier alpha value is -2.89. The molecule has 1 atom stereocenters. The average Bonchev–Trinajstić information content (AvgIpc) is 2.54. The Bertz CT molecular complexity index is 684. The van der Waals surface area contributed by atoms with Crippen molar-refractivity contribution in [3.8, 4) is 5.75 Å². The third-order valence-corrected chi connectivity index (χ3v) is 3.16. The summed E-state index contributed by atoms with van der Waals surface area (Å²) in [5.74, 6) is -0.528. The van der Waals surface area contributed by atoms with E-state index < -0.39 is 17.0 Å². The van der Waals surface area contributed by atoms with E-state index >= 15 is 0 Å². The molecule has 6 heteroatoms. The first-order valence-corrected chi connectivity index (χ1v) is 6.61. The Morgan fingerprint density at radius 3 is 2.45 bits per heavy atom. The minimum absolute atomic E-state index is 0.0951. The Morgan fingerprint density at radius 1 is 1.18 bits per heavy atom. The lowest BCUT2D eigenvalue weighted by atomic mass is 10.1. The fraction of sp³-hybridized carbons (Fsp3) is 0.188. The molecule has 2 aromatic carbocycles. The molecular formula is C16H15NO5. The van der Waals surface area contributed by atoms with E-state index in [4.69, 9.17) is 9.47 Å². The summed E-state index contributed by atoms with van der Waals surface area (Å²) in [7, 11) is 1.33. The maximum atomic E-state index is 12.1. The van der Waals surface area contributed by atoms with Crippen molar-refractivity contribution in [3.63, 3.8) is 0 Å². The van der Waals surface area contributed by atoms with Crippen molar-refractivity contribution in [2.24, 2.45) is 0 Å². The fourth-order valence-electron chi connectivity index (χ4n) is 1.98. The predicted molar refractivity (Wildman–Crippen MR) is 79.9 cm³/mol. The van der Waals surface area contributed by atoms with Gasteiger partial charge in [-0.3, -0.25) is 10.1 Å². The van der Waals surface area contributed by atoms with E-state index in [1.807, 2.05) is 30.3 Å². The second kappa shape index (κ2) is 6.71. The molecule has 0 saturated heterocycles. The molecule has 0 unspecified atom stereocenters. The van der Waals surface area contributed by atoms with Crippen LogP contribution in [0.2, 0.25) is 0 Å². The normalized spacial score (nSPS) is 11.5. The van der Waals surface area contributed by atoms with Crippen LogP contribution >= 0.6 is 0 Å². The van der Waals surface area contributed by atoms with E-state index in [0.717, 1.165) is 11.6 Å². The Morgan fingerprint density at radius 2 is 1.86 bits per heavy atom. The van der Waals surface area contributed by atoms with Gasteiger partial charge in [-0.1, -0.05) is 30.3 Å². The number of carbonyl (C=O) groups excluding carboxylic acids is 1. The SMILES string of the molecule is COc1ccc(C(=O)O[C@@H](C)c2ccccc2)cc1[N+](=O)[O-]. The zero-order valence-corrected chi connectivity index (χ0v) is 12.2. The van der Waals surface area contributed by atoms with Gasteiger partial charge in [0.1, 0.15) is 6.10 Å². The summed E-state index contributed by atoms with van der Waals surface area (Å²) in [6.45, 7) is 1.74. The van der Waals surface area contributed by atoms with Crippen molar-refractivity contribution in [3.05, 3.63) is 69.8 Å². The quantitative estimate of drug-likeness (QED) is 0.479. The van der Waals surface area contributed by atoms with Crippen LogP contribution in [0, 0.1) is 10.1 Å². The first kappa shape index (κ1) is 15.5. The molecule has 0 amide bonds. The molecule has 0 aromatic heterocycles. The summed E-state index contributed by atoms with van der Waals surface area (Å²) in [4.78, 5) is 22.5. The number of carbonyl (C=O) groups is 1. The van der Waals surface area contributed by atoms with Gasteiger partial charge in [-0.25, -0.2) is 4.79 Å². The van der Waals surface area contributed by atoms with Gasteiger partial charge in [0.05, 0.1) is 17.6 Å². The molecule has 0 aliphatic carbocycles. The smallest absolute Gasteiger partial charge is 0.338 e. The summed E-state index contributed by atoms with van der Waals surface area (Å²) in [6, 6.07) is 13.2. The minimum Gasteiger partial charge on any atom is -0.490 e. The molecule has 6 nitrogen and oxygen atoms in total. The highest BCUT2D eigenvalue weighted by Gasteiger charge is 2.20. The Labute approximate surface area is 127 Å². The van der Waals surface area contributed by atoms with Crippen LogP contribution in [0.15, 0.2) is 48.5 Å². The maximum absolute atomic E-state index is 12.1. The molecule has 0 bridgehead atoms. The van der Waals surface area contributed by atoms with Gasteiger partial charge in [-0.2, -0.15) is 0 Å². The number of hydrogen-bond acceptors (Lipinski definition) is 5. The Kier molecular flexibility index (Phi) is 4.73. The van der Waals surface area contributed by atoms with Gasteiger partial charge in [0.2, 0.25) is 0 Å². The molecular weight excluding hydrogens is 286 g/mol. The van der Waals surface area contributed by atoms with Gasteiger partial charge in [-0.05, 0) is 24.6 Å². The van der Waals surface area contributed by atoms with Gasteiger partial charge in [0, 0.05) is 6.07 Å². The largest absolute Gasteiger partial charge is 0.490 e. The van der Waals surface area contributed by atoms with Gasteiger partial charge in [-0.15, -0.1) is 0 Å². The van der Waals surface area contributed by atoms with Gasteiger partial charge >= 0.3 is 11.7 Å². The highest BCUT2D eigenvalue weighted by molar-refractivity contribution is 5.90. The second-order valence-corrected chi connectivity index (χ2v) is 4.60. The zero-order valence-electron chi connectivity index (χ0n) is 12.2. The molecule has 2 rings (SSSR count). The molecule has 0 aliphatic heterocycles. The lowest BCUT2D eigenvalue weighted by molar-refractivity contribution is -0.385. The van der Waals surface area contributed by atoms with Crippen LogP contribution in [0.4, 0.5) is 5.69 Å². The van der Waals surface area contributed by atoms with Crippen molar-refractivity contribution in [2.75, 3.05) is 7.11 Å². The molecule has 0 spiro atoms. The standard InChI is InChI=1S/C16H15NO5/c1-11(12-6-4-3-5-7-12)22-16(18)13-8-9-15(21-2)14(10-13)17(19)20/h3-11H,1-2H3/t11-/m0/s1. The van der Waals surface area contributed by atoms with Crippen LogP contribution in [0.1, 0.15) is 28.9 Å². The topological polar surface area (TPSA) is 78.7 Å². The summed E-state index contributed by atoms with van der Waals surface area (Å²) < 4.78 is 10.2. The third-order valence-electron chi connectivity index (χ3n) is 3.16. The minimum atomic E-state index is -0.623. The van der Waals surface area contributed by atoms with Crippen LogP contribution in [0.25, 0.3) is 0 Å². The highest BCUT2D eigenvalue weighted by atomic mass is 16.6. The van der Waals surface area contributed by atoms with Crippen molar-refractivity contribution >= 4 is 11.7 Å². The van der Waals surface area contributed by atoms with Crippen LogP contribution in [0.5, 0.6) is 5.75 Å². The highest BCUT2D eigenvalue weighted by Crippen LogP contribution is 2.28. The summed E-state index contributed by atoms with van der Waals surface area (Å²) >= 11 is 0. The van der Waals surface area contributed by atoms with Crippen LogP contribution < -0.4 is 4.74 Å². The summed E-state index contributed by atoms with van der Waals surface area (Å²) in [5.41, 5.74) is 0.679. The first-order valence-electron chi connectivity index (χ1n) is 6.61. The summed E-state index contributed by atoms with van der Waals surface area (Å²) in [6.07, 6.45) is -0.449. The summed E-state index contributed by atoms with van der Waals surface area (Å²) in [5, 5.41) is 11.0. The van der Waals surface area contributed by atoms with Crippen LogP contribution in [-0.4, -0.2) is 18.0 Å². The number of esters is 1. The van der Waals surface area contributed by atoms with Crippen molar-refractivity contribution in [1.29, 1.82) is 0 Å². The second-order valence-electron chi connectivity index (χ2n) is 4.60. The van der Waals surface area contributed by atoms with Crippen molar-refractivity contribution in [2.45, 2.75) is 13.0 Å². The van der Waals surface area contributed by atoms with E-state index in [1.54, 1.807) is 6.92 Å². The van der Waals surface area contributed by atoms with Crippen LogP contribution in [-0.2, 0) is 4.74 Å². The molecule has 0 aliphatic rings. The van der Waals surface area contributed by atoms with E-state index in [9.17, 15) is 14.9 Å². The number of benzene rings is 2. The number of methoxy groups -OCH3 is 1. The van der Waals surface area contributed by atoms with Crippen molar-refractivity contribution < 1.29 is 19.2 Å². The van der Waals surface area contributed by atoms with Gasteiger partial charge < -0.3 is 9.47 Å². The van der Waals surface area contributed by atoms with Crippen LogP contribution in [0.3, 0.4) is 0 Å². The lowest BCUT2D eigenvalue weighted by Crippen LogP contribution is -2.09. The number of nitrogens with zero attached hydrogens (tertiary/aromatic N) is 1. The lowest BCUT2D eigenvalue weighted by Gasteiger charge is -2.13. The molecule has 0 fully saturated rings. The number of nitro benzene ring substituents is 1. The van der Waals surface area contributed by atoms with E-state index in [-0.39, 0.29) is 17.0 Å². The number of ether oxygens (including phenoxy) is 2. The zero-order chi connectivity index (χ0) is 16.1. The number of rotatable bonds is 5. The molecule has 0 saturated carbocycles. The Balaban J connectivity index is 2.19. The predicted octanol–water partition coefficient (Wildman–Crippen LogP) is 3.52. The first-order chi connectivity index (χ1) is 10.5. The fourth-order valence-corrected chi connectivity index (χ4v) is 1.98. The van der Waals surface area contributed by atoms with Crippen molar-refractivity contribution in [1.82, 2.24) is 0 Å². The number of nitro groups is 1. The maximum Gasteiger partial charge on any atom is 0.338 e. The average molecular weight is 301 g/mol. The van der Waals surface area contributed by atoms with Gasteiger partial charge in [0.25, 0.3) is 0 Å². The molecule has 22 heavy (non-hydrogen) atoms. The molecule has 2 aromatic rings. The van der Waals surface area contributed by atoms with E-state index in [2.05, 4.69) is 0 Å². The van der Waals surface area contributed by atoms with E-state index in [0.29, 0.717) is 0 Å². The number of hydrogen-bond donors (Lipinski definition) is 0. The monoisotopic (exact) mass is 301 g/mol. The molecule has 0 N–H and O–H groups in total. The molecule has 114 valence electrons. The molecule has 0 heterocycles. The van der Waals surface area contributed by atoms with E-state index in [1.165, 1.54) is 19.2 Å². The molecule has 0 radical (unpaired) electrons. The van der Waals surface area contributed by atoms with Gasteiger partial charge in [0.15, 0.2) is 5.75 Å².